The lowest BCUT2D eigenvalue weighted by molar-refractivity contribution is -0.122. The molecule has 30 heavy (non-hydrogen) atoms. The van der Waals surface area contributed by atoms with E-state index in [4.69, 9.17) is 4.74 Å². The second kappa shape index (κ2) is 9.09. The molecule has 1 aliphatic heterocycles. The summed E-state index contributed by atoms with van der Waals surface area (Å²) in [6.45, 7) is 2.77. The zero-order valence-electron chi connectivity index (χ0n) is 17.1. The summed E-state index contributed by atoms with van der Waals surface area (Å²) < 4.78 is 6.73. The first-order valence-electron chi connectivity index (χ1n) is 10.2. The van der Waals surface area contributed by atoms with E-state index in [0.29, 0.717) is 11.0 Å². The van der Waals surface area contributed by atoms with Gasteiger partial charge in [0.1, 0.15) is 12.3 Å². The summed E-state index contributed by atoms with van der Waals surface area (Å²) >= 11 is 0. The number of nitrogens with zero attached hydrogens (tertiary/aromatic N) is 3. The molecule has 1 saturated heterocycles. The molecule has 2 aromatic carbocycles. The highest BCUT2D eigenvalue weighted by molar-refractivity contribution is 5.80. The number of para-hydroxylation sites is 2. The van der Waals surface area contributed by atoms with Crippen molar-refractivity contribution >= 4 is 16.9 Å². The summed E-state index contributed by atoms with van der Waals surface area (Å²) in [5.74, 6) is 0.577. The number of fused-ring (bicyclic) bond motifs is 1. The minimum absolute atomic E-state index is 0.0471. The summed E-state index contributed by atoms with van der Waals surface area (Å²) in [7, 11) is 1.63. The Morgan fingerprint density at radius 2 is 1.87 bits per heavy atom. The Kier molecular flexibility index (Phi) is 6.09. The van der Waals surface area contributed by atoms with E-state index in [9.17, 15) is 9.59 Å². The van der Waals surface area contributed by atoms with Crippen molar-refractivity contribution in [2.75, 3.05) is 26.7 Å². The van der Waals surface area contributed by atoms with E-state index < -0.39 is 0 Å². The van der Waals surface area contributed by atoms with Crippen LogP contribution in [0.4, 0.5) is 0 Å². The molecule has 1 aliphatic rings. The third-order valence-electron chi connectivity index (χ3n) is 5.55. The first kappa shape index (κ1) is 20.1. The molecule has 1 atom stereocenters. The number of aromatic nitrogens is 2. The van der Waals surface area contributed by atoms with Gasteiger partial charge in [-0.2, -0.15) is 0 Å². The van der Waals surface area contributed by atoms with Gasteiger partial charge < -0.3 is 15.0 Å². The highest BCUT2D eigenvalue weighted by Gasteiger charge is 2.21. The van der Waals surface area contributed by atoms with Crippen LogP contribution in [0.15, 0.2) is 59.5 Å². The van der Waals surface area contributed by atoms with Crippen molar-refractivity contribution in [1.82, 2.24) is 19.8 Å². The lowest BCUT2D eigenvalue weighted by atomic mass is 10.1. The molecule has 156 valence electrons. The topological polar surface area (TPSA) is 76.5 Å². The maximum atomic E-state index is 13.0. The summed E-state index contributed by atoms with van der Waals surface area (Å²) in [5, 5.41) is 3.14. The van der Waals surface area contributed by atoms with Crippen molar-refractivity contribution in [3.63, 3.8) is 0 Å². The zero-order valence-corrected chi connectivity index (χ0v) is 17.1. The van der Waals surface area contributed by atoms with Crippen molar-refractivity contribution in [3.8, 4) is 5.75 Å². The van der Waals surface area contributed by atoms with Gasteiger partial charge in [-0.05, 0) is 55.8 Å². The van der Waals surface area contributed by atoms with Crippen molar-refractivity contribution in [2.24, 2.45) is 0 Å². The molecule has 1 fully saturated rings. The summed E-state index contributed by atoms with van der Waals surface area (Å²) in [6.07, 6.45) is 3.63. The number of carbonyl (C=O) groups excluding carboxylic acids is 1. The van der Waals surface area contributed by atoms with Crippen LogP contribution in [0.2, 0.25) is 0 Å². The van der Waals surface area contributed by atoms with Crippen LogP contribution in [0.1, 0.15) is 24.4 Å². The second-order valence-corrected chi connectivity index (χ2v) is 7.57. The van der Waals surface area contributed by atoms with E-state index in [-0.39, 0.29) is 24.1 Å². The average molecular weight is 406 g/mol. The molecule has 3 aromatic rings. The van der Waals surface area contributed by atoms with Crippen molar-refractivity contribution in [1.29, 1.82) is 0 Å². The van der Waals surface area contributed by atoms with Crippen LogP contribution < -0.4 is 15.6 Å². The fourth-order valence-electron chi connectivity index (χ4n) is 3.96. The number of likely N-dealkylation sites (tertiary alicyclic amines) is 1. The largest absolute Gasteiger partial charge is 0.497 e. The summed E-state index contributed by atoms with van der Waals surface area (Å²) in [6, 6.07) is 14.9. The molecule has 7 nitrogen and oxygen atoms in total. The van der Waals surface area contributed by atoms with Gasteiger partial charge in [0.15, 0.2) is 0 Å². The van der Waals surface area contributed by atoms with Crippen molar-refractivity contribution in [3.05, 3.63) is 70.6 Å². The van der Waals surface area contributed by atoms with Gasteiger partial charge in [-0.15, -0.1) is 0 Å². The first-order chi connectivity index (χ1) is 14.6. The predicted molar refractivity (Wildman–Crippen MR) is 116 cm³/mol. The van der Waals surface area contributed by atoms with E-state index in [2.05, 4.69) is 15.2 Å². The number of hydrogen-bond acceptors (Lipinski definition) is 5. The van der Waals surface area contributed by atoms with Crippen molar-refractivity contribution < 1.29 is 9.53 Å². The lowest BCUT2D eigenvalue weighted by Crippen LogP contribution is -2.39. The monoisotopic (exact) mass is 406 g/mol. The molecule has 1 N–H and O–H groups in total. The van der Waals surface area contributed by atoms with Gasteiger partial charge in [0.25, 0.3) is 5.56 Å². The summed E-state index contributed by atoms with van der Waals surface area (Å²) in [5.41, 5.74) is 2.07. The molecule has 4 rings (SSSR count). The predicted octanol–water partition coefficient (Wildman–Crippen LogP) is 2.36. The zero-order chi connectivity index (χ0) is 20.9. The van der Waals surface area contributed by atoms with Gasteiger partial charge in [-0.1, -0.05) is 24.3 Å². The molecule has 0 spiro atoms. The highest BCUT2D eigenvalue weighted by Crippen LogP contribution is 2.21. The number of nitrogens with one attached hydrogen (secondary N) is 1. The molecule has 0 saturated carbocycles. The van der Waals surface area contributed by atoms with Crippen LogP contribution in [0.3, 0.4) is 0 Å². The van der Waals surface area contributed by atoms with Gasteiger partial charge >= 0.3 is 0 Å². The minimum atomic E-state index is -0.288. The number of ether oxygens (including phenoxy) is 1. The Morgan fingerprint density at radius 1 is 1.13 bits per heavy atom. The van der Waals surface area contributed by atoms with Crippen LogP contribution in [0.5, 0.6) is 5.75 Å². The highest BCUT2D eigenvalue weighted by atomic mass is 16.5. The molecule has 0 aliphatic carbocycles. The van der Waals surface area contributed by atoms with Gasteiger partial charge in [-0.3, -0.25) is 14.2 Å². The van der Waals surface area contributed by atoms with Gasteiger partial charge in [0.2, 0.25) is 5.91 Å². The van der Waals surface area contributed by atoms with Crippen LogP contribution in [-0.2, 0) is 11.3 Å². The Hall–Kier alpha value is -3.19. The normalized spacial score (nSPS) is 15.2. The molecule has 7 heteroatoms. The molecule has 0 radical (unpaired) electrons. The number of amides is 1. The van der Waals surface area contributed by atoms with Crippen LogP contribution in [0.25, 0.3) is 11.0 Å². The van der Waals surface area contributed by atoms with Gasteiger partial charge in [0.05, 0.1) is 30.4 Å². The fraction of sp³-hybridized carbons (Fsp3) is 0.348. The Morgan fingerprint density at radius 3 is 2.60 bits per heavy atom. The quantitative estimate of drug-likeness (QED) is 0.652. The second-order valence-electron chi connectivity index (χ2n) is 7.57. The fourth-order valence-corrected chi connectivity index (χ4v) is 3.96. The van der Waals surface area contributed by atoms with Crippen molar-refractivity contribution in [2.45, 2.75) is 25.4 Å². The van der Waals surface area contributed by atoms with E-state index in [1.807, 2.05) is 48.5 Å². The number of methoxy groups -OCH3 is 1. The molecular weight excluding hydrogens is 380 g/mol. The minimum Gasteiger partial charge on any atom is -0.497 e. The number of carbonyl (C=O) groups is 1. The average Bonchev–Trinajstić information content (AvgIpc) is 3.28. The maximum Gasteiger partial charge on any atom is 0.269 e. The van der Waals surface area contributed by atoms with E-state index >= 15 is 0 Å². The number of hydrogen-bond donors (Lipinski definition) is 1. The standard InChI is InChI=1S/C23H26N4O3/c1-30-18-10-8-17(9-11-18)20(15-26-12-4-5-13-26)25-22(28)16-27-21-7-3-2-6-19(21)24-14-23(27)29/h2-3,6-11,14,20H,4-5,12-13,15-16H2,1H3,(H,25,28). The first-order valence-corrected chi connectivity index (χ1v) is 10.2. The number of benzene rings is 2. The molecule has 2 heterocycles. The third kappa shape index (κ3) is 4.52. The van der Waals surface area contributed by atoms with Gasteiger partial charge in [-0.25, -0.2) is 4.98 Å². The Labute approximate surface area is 175 Å². The van der Waals surface area contributed by atoms with Crippen LogP contribution in [-0.4, -0.2) is 47.1 Å². The molecule has 1 aromatic heterocycles. The van der Waals surface area contributed by atoms with Crippen LogP contribution in [0, 0.1) is 0 Å². The lowest BCUT2D eigenvalue weighted by Gasteiger charge is -2.25. The number of rotatable bonds is 7. The van der Waals surface area contributed by atoms with E-state index in [0.717, 1.165) is 30.9 Å². The maximum absolute atomic E-state index is 13.0. The Balaban J connectivity index is 1.55. The summed E-state index contributed by atoms with van der Waals surface area (Å²) in [4.78, 5) is 31.8. The van der Waals surface area contributed by atoms with E-state index in [1.165, 1.54) is 23.6 Å². The van der Waals surface area contributed by atoms with Gasteiger partial charge in [0, 0.05) is 6.54 Å². The smallest absolute Gasteiger partial charge is 0.269 e. The van der Waals surface area contributed by atoms with E-state index in [1.54, 1.807) is 7.11 Å². The SMILES string of the molecule is COc1ccc(C(CN2CCCC2)NC(=O)Cn2c(=O)cnc3ccccc32)cc1. The molecular formula is C23H26N4O3. The third-order valence-corrected chi connectivity index (χ3v) is 5.55. The molecule has 1 unspecified atom stereocenters. The van der Waals surface area contributed by atoms with Crippen LogP contribution >= 0.6 is 0 Å². The Bertz CT molecular complexity index is 1070. The molecule has 0 bridgehead atoms. The molecule has 1 amide bonds.